The highest BCUT2D eigenvalue weighted by Crippen LogP contribution is 2.39. The second kappa shape index (κ2) is 5.59. The molecule has 0 radical (unpaired) electrons. The minimum Gasteiger partial charge on any atom is -0.496 e. The van der Waals surface area contributed by atoms with Gasteiger partial charge < -0.3 is 15.0 Å². The minimum atomic E-state index is -1.05. The van der Waals surface area contributed by atoms with E-state index in [0.717, 1.165) is 39.5 Å². The molecule has 4 rings (SSSR count). The van der Waals surface area contributed by atoms with Crippen LogP contribution in [0.2, 0.25) is 0 Å². The second-order valence-electron chi connectivity index (χ2n) is 7.05. The van der Waals surface area contributed by atoms with Crippen LogP contribution in [0.1, 0.15) is 19.4 Å². The van der Waals surface area contributed by atoms with Gasteiger partial charge in [0.15, 0.2) is 0 Å². The molecule has 5 nitrogen and oxygen atoms in total. The molecule has 1 aromatic heterocycles. The summed E-state index contributed by atoms with van der Waals surface area (Å²) < 4.78 is 17.2. The number of rotatable bonds is 3. The Kier molecular flexibility index (Phi) is 3.61. The van der Waals surface area contributed by atoms with Crippen molar-refractivity contribution < 1.29 is 8.95 Å². The van der Waals surface area contributed by atoms with Crippen molar-refractivity contribution in [3.63, 3.8) is 0 Å². The number of nitrogens with zero attached hydrogens (tertiary/aromatic N) is 1. The minimum absolute atomic E-state index is 0.110. The Morgan fingerprint density at radius 2 is 2.04 bits per heavy atom. The van der Waals surface area contributed by atoms with Crippen LogP contribution in [0.5, 0.6) is 5.75 Å². The predicted octanol–water partition coefficient (Wildman–Crippen LogP) is 3.68. The molecule has 2 heterocycles. The summed E-state index contributed by atoms with van der Waals surface area (Å²) in [7, 11) is 0.568. The molecule has 6 heteroatoms. The highest BCUT2D eigenvalue weighted by atomic mass is 32.2. The first-order valence-corrected chi connectivity index (χ1v) is 9.75. The smallest absolute Gasteiger partial charge is 0.142 e. The molecule has 0 bridgehead atoms. The summed E-state index contributed by atoms with van der Waals surface area (Å²) in [5.41, 5.74) is 5.36. The lowest BCUT2D eigenvalue weighted by Gasteiger charge is -2.16. The number of methoxy groups -OCH3 is 1. The van der Waals surface area contributed by atoms with Gasteiger partial charge in [0, 0.05) is 39.6 Å². The van der Waals surface area contributed by atoms with E-state index in [-0.39, 0.29) is 5.41 Å². The number of nitrogens with one attached hydrogen (secondary N) is 2. The van der Waals surface area contributed by atoms with E-state index in [0.29, 0.717) is 5.75 Å². The summed E-state index contributed by atoms with van der Waals surface area (Å²) >= 11 is 0. The highest BCUT2D eigenvalue weighted by molar-refractivity contribution is 7.84. The van der Waals surface area contributed by atoms with Gasteiger partial charge in [-0.25, -0.2) is 4.98 Å². The van der Waals surface area contributed by atoms with Gasteiger partial charge in [0.1, 0.15) is 11.6 Å². The molecule has 0 amide bonds. The van der Waals surface area contributed by atoms with Gasteiger partial charge in [-0.15, -0.1) is 0 Å². The average Bonchev–Trinajstić information content (AvgIpc) is 3.13. The molecule has 0 aliphatic carbocycles. The maximum atomic E-state index is 11.7. The van der Waals surface area contributed by atoms with Crippen molar-refractivity contribution >= 4 is 27.5 Å². The summed E-state index contributed by atoms with van der Waals surface area (Å²) in [4.78, 5) is 8.89. The van der Waals surface area contributed by atoms with Gasteiger partial charge in [-0.3, -0.25) is 4.21 Å². The number of benzene rings is 2. The zero-order chi connectivity index (χ0) is 17.8. The largest absolute Gasteiger partial charge is 0.496 e. The summed E-state index contributed by atoms with van der Waals surface area (Å²) in [6.07, 6.45) is 1.66. The molecule has 1 unspecified atom stereocenters. The molecule has 1 atom stereocenters. The van der Waals surface area contributed by atoms with Crippen LogP contribution >= 0.6 is 0 Å². The summed E-state index contributed by atoms with van der Waals surface area (Å²) in [6, 6.07) is 9.85. The van der Waals surface area contributed by atoms with Gasteiger partial charge in [0.05, 0.1) is 23.7 Å². The van der Waals surface area contributed by atoms with Crippen molar-refractivity contribution in [1.82, 2.24) is 9.97 Å². The number of H-pyrrole nitrogens is 1. The molecular formula is C19H21N3O2S. The lowest BCUT2D eigenvalue weighted by Crippen LogP contribution is -2.18. The molecule has 2 N–H and O–H groups in total. The van der Waals surface area contributed by atoms with Gasteiger partial charge in [0.25, 0.3) is 0 Å². The Bertz CT molecular complexity index is 1010. The number of hydrogen-bond acceptors (Lipinski definition) is 4. The normalized spacial score (nSPS) is 16.5. The monoisotopic (exact) mass is 355 g/mol. The first-order valence-electron chi connectivity index (χ1n) is 8.19. The SMILES string of the molecule is COc1cc(S(C)=O)ccc1-c1nc2cc3c(cc2[nH]1)C(C)(C)CN3. The van der Waals surface area contributed by atoms with Crippen molar-refractivity contribution in [2.24, 2.45) is 0 Å². The first kappa shape index (κ1) is 16.1. The highest BCUT2D eigenvalue weighted by Gasteiger charge is 2.30. The number of fused-ring (bicyclic) bond motifs is 2. The number of ether oxygens (including phenoxy) is 1. The van der Waals surface area contributed by atoms with E-state index in [1.54, 1.807) is 13.4 Å². The van der Waals surface area contributed by atoms with E-state index in [9.17, 15) is 4.21 Å². The Morgan fingerprint density at radius 3 is 2.76 bits per heavy atom. The third-order valence-corrected chi connectivity index (χ3v) is 5.75. The van der Waals surface area contributed by atoms with Crippen LogP contribution in [-0.2, 0) is 16.2 Å². The van der Waals surface area contributed by atoms with Crippen molar-refractivity contribution in [2.45, 2.75) is 24.2 Å². The molecule has 25 heavy (non-hydrogen) atoms. The number of aromatic amines is 1. The topological polar surface area (TPSA) is 67.0 Å². The molecular weight excluding hydrogens is 334 g/mol. The Labute approximate surface area is 149 Å². The fraction of sp³-hybridized carbons (Fsp3) is 0.316. The summed E-state index contributed by atoms with van der Waals surface area (Å²) in [5.74, 6) is 1.42. The van der Waals surface area contributed by atoms with E-state index in [1.807, 2.05) is 18.2 Å². The van der Waals surface area contributed by atoms with Crippen molar-refractivity contribution in [1.29, 1.82) is 0 Å². The number of imidazole rings is 1. The van der Waals surface area contributed by atoms with Crippen LogP contribution in [-0.4, -0.2) is 34.1 Å². The molecule has 2 aromatic carbocycles. The fourth-order valence-corrected chi connectivity index (χ4v) is 3.88. The third-order valence-electron chi connectivity index (χ3n) is 4.83. The van der Waals surface area contributed by atoms with E-state index in [4.69, 9.17) is 9.72 Å². The Hall–Kier alpha value is -2.34. The Balaban J connectivity index is 1.85. The fourth-order valence-electron chi connectivity index (χ4n) is 3.35. The molecule has 1 aliphatic rings. The van der Waals surface area contributed by atoms with Crippen LogP contribution < -0.4 is 10.1 Å². The van der Waals surface area contributed by atoms with Crippen molar-refractivity contribution in [3.05, 3.63) is 35.9 Å². The molecule has 1 aliphatic heterocycles. The molecule has 0 spiro atoms. The molecule has 130 valence electrons. The predicted molar refractivity (Wildman–Crippen MR) is 102 cm³/mol. The van der Waals surface area contributed by atoms with Gasteiger partial charge >= 0.3 is 0 Å². The third kappa shape index (κ3) is 2.61. The van der Waals surface area contributed by atoms with E-state index >= 15 is 0 Å². The maximum Gasteiger partial charge on any atom is 0.142 e. The molecule has 0 saturated carbocycles. The maximum absolute atomic E-state index is 11.7. The number of hydrogen-bond donors (Lipinski definition) is 2. The van der Waals surface area contributed by atoms with Gasteiger partial charge in [-0.2, -0.15) is 0 Å². The van der Waals surface area contributed by atoms with E-state index < -0.39 is 10.8 Å². The Morgan fingerprint density at radius 1 is 1.24 bits per heavy atom. The van der Waals surface area contributed by atoms with Gasteiger partial charge in [0.2, 0.25) is 0 Å². The standard InChI is InChI=1S/C19H21N3O2S/c1-19(2)10-20-14-9-16-15(8-13(14)19)21-18(22-16)12-6-5-11(25(4)23)7-17(12)24-3/h5-9,20H,10H2,1-4H3,(H,21,22). The van der Waals surface area contributed by atoms with E-state index in [2.05, 4.69) is 36.3 Å². The van der Waals surface area contributed by atoms with Gasteiger partial charge in [-0.1, -0.05) is 13.8 Å². The average molecular weight is 355 g/mol. The second-order valence-corrected chi connectivity index (χ2v) is 8.43. The quantitative estimate of drug-likeness (QED) is 0.752. The van der Waals surface area contributed by atoms with E-state index in [1.165, 1.54) is 5.56 Å². The van der Waals surface area contributed by atoms with Crippen LogP contribution in [0.3, 0.4) is 0 Å². The molecule has 0 fully saturated rings. The molecule has 3 aromatic rings. The first-order chi connectivity index (χ1) is 11.9. The number of aromatic nitrogens is 2. The van der Waals surface area contributed by atoms with Crippen molar-refractivity contribution in [2.75, 3.05) is 25.2 Å². The lowest BCUT2D eigenvalue weighted by atomic mass is 9.87. The van der Waals surface area contributed by atoms with Crippen LogP contribution in [0, 0.1) is 0 Å². The van der Waals surface area contributed by atoms with Crippen molar-refractivity contribution in [3.8, 4) is 17.1 Å². The summed E-state index contributed by atoms with van der Waals surface area (Å²) in [6.45, 7) is 5.41. The lowest BCUT2D eigenvalue weighted by molar-refractivity contribution is 0.415. The number of anilines is 1. The van der Waals surface area contributed by atoms with Crippen LogP contribution in [0.4, 0.5) is 5.69 Å². The summed E-state index contributed by atoms with van der Waals surface area (Å²) in [5, 5.41) is 3.46. The van der Waals surface area contributed by atoms with Crippen LogP contribution in [0.25, 0.3) is 22.4 Å². The van der Waals surface area contributed by atoms with Gasteiger partial charge in [-0.05, 0) is 35.9 Å². The van der Waals surface area contributed by atoms with Crippen LogP contribution in [0.15, 0.2) is 35.2 Å². The zero-order valence-electron chi connectivity index (χ0n) is 14.8. The zero-order valence-corrected chi connectivity index (χ0v) is 15.6. The molecule has 0 saturated heterocycles.